The predicted molar refractivity (Wildman–Crippen MR) is 58.8 cm³/mol. The first-order valence-corrected chi connectivity index (χ1v) is 5.19. The van der Waals surface area contributed by atoms with E-state index in [4.69, 9.17) is 15.2 Å². The van der Waals surface area contributed by atoms with E-state index in [0.29, 0.717) is 43.4 Å². The number of nitrogens with one attached hydrogen (secondary N) is 1. The highest BCUT2D eigenvalue weighted by molar-refractivity contribution is 5.94. The maximum Gasteiger partial charge on any atom is 0.251 e. The molecule has 0 aromatic heterocycles. The molecule has 5 heteroatoms. The minimum Gasteiger partial charge on any atom is -0.486 e. The Morgan fingerprint density at radius 2 is 2.06 bits per heavy atom. The number of hydrogen-bond acceptors (Lipinski definition) is 4. The fourth-order valence-corrected chi connectivity index (χ4v) is 1.47. The molecule has 0 atom stereocenters. The molecular formula is C11H14N2O3. The average Bonchev–Trinajstić information content (AvgIpc) is 2.35. The van der Waals surface area contributed by atoms with Crippen LogP contribution in [0.15, 0.2) is 18.2 Å². The van der Waals surface area contributed by atoms with Crippen molar-refractivity contribution in [3.05, 3.63) is 23.8 Å². The number of ether oxygens (including phenoxy) is 2. The summed E-state index contributed by atoms with van der Waals surface area (Å²) in [6.45, 7) is 1.95. The largest absolute Gasteiger partial charge is 0.486 e. The van der Waals surface area contributed by atoms with Gasteiger partial charge in [-0.2, -0.15) is 0 Å². The van der Waals surface area contributed by atoms with E-state index in [9.17, 15) is 4.79 Å². The number of fused-ring (bicyclic) bond motifs is 1. The van der Waals surface area contributed by atoms with Crippen LogP contribution in [0, 0.1) is 0 Å². The van der Waals surface area contributed by atoms with E-state index in [-0.39, 0.29) is 5.91 Å². The number of rotatable bonds is 3. The minimum atomic E-state index is -0.151. The van der Waals surface area contributed by atoms with Gasteiger partial charge in [0.1, 0.15) is 13.2 Å². The Morgan fingerprint density at radius 1 is 1.31 bits per heavy atom. The van der Waals surface area contributed by atoms with Gasteiger partial charge in [-0.05, 0) is 18.2 Å². The molecule has 0 radical (unpaired) electrons. The lowest BCUT2D eigenvalue weighted by molar-refractivity contribution is 0.0953. The van der Waals surface area contributed by atoms with E-state index >= 15 is 0 Å². The van der Waals surface area contributed by atoms with Crippen LogP contribution in [0.5, 0.6) is 11.5 Å². The molecule has 1 aromatic rings. The van der Waals surface area contributed by atoms with Gasteiger partial charge in [0.2, 0.25) is 0 Å². The molecule has 0 saturated carbocycles. The topological polar surface area (TPSA) is 73.6 Å². The van der Waals surface area contributed by atoms with Crippen LogP contribution in [0.25, 0.3) is 0 Å². The Bertz CT molecular complexity index is 393. The van der Waals surface area contributed by atoms with E-state index in [1.165, 1.54) is 0 Å². The highest BCUT2D eigenvalue weighted by Gasteiger charge is 2.14. The second kappa shape index (κ2) is 4.85. The van der Waals surface area contributed by atoms with Crippen molar-refractivity contribution in [3.63, 3.8) is 0 Å². The zero-order valence-corrected chi connectivity index (χ0v) is 8.86. The van der Waals surface area contributed by atoms with Gasteiger partial charge in [0.25, 0.3) is 5.91 Å². The third-order valence-electron chi connectivity index (χ3n) is 2.23. The molecule has 16 heavy (non-hydrogen) atoms. The van der Waals surface area contributed by atoms with Gasteiger partial charge in [0.15, 0.2) is 11.5 Å². The zero-order valence-electron chi connectivity index (χ0n) is 8.86. The van der Waals surface area contributed by atoms with Crippen molar-refractivity contribution >= 4 is 5.91 Å². The summed E-state index contributed by atoms with van der Waals surface area (Å²) in [7, 11) is 0. The second-order valence-electron chi connectivity index (χ2n) is 3.40. The molecule has 1 aliphatic heterocycles. The van der Waals surface area contributed by atoms with Crippen molar-refractivity contribution in [2.24, 2.45) is 5.73 Å². The summed E-state index contributed by atoms with van der Waals surface area (Å²) < 4.78 is 10.8. The van der Waals surface area contributed by atoms with Crippen LogP contribution in [0.1, 0.15) is 10.4 Å². The number of carbonyl (C=O) groups is 1. The van der Waals surface area contributed by atoms with E-state index in [2.05, 4.69) is 5.32 Å². The molecule has 1 aliphatic rings. The predicted octanol–water partition coefficient (Wildman–Crippen LogP) is 0.146. The van der Waals surface area contributed by atoms with Crippen molar-refractivity contribution < 1.29 is 14.3 Å². The number of amides is 1. The lowest BCUT2D eigenvalue weighted by Gasteiger charge is -2.18. The van der Waals surface area contributed by atoms with Gasteiger partial charge in [-0.25, -0.2) is 0 Å². The fourth-order valence-electron chi connectivity index (χ4n) is 1.47. The van der Waals surface area contributed by atoms with Gasteiger partial charge in [0, 0.05) is 18.7 Å². The van der Waals surface area contributed by atoms with Crippen LogP contribution in [0.3, 0.4) is 0 Å². The second-order valence-corrected chi connectivity index (χ2v) is 3.40. The van der Waals surface area contributed by atoms with Crippen molar-refractivity contribution in [1.82, 2.24) is 5.32 Å². The normalized spacial score (nSPS) is 13.3. The minimum absolute atomic E-state index is 0.151. The Balaban J connectivity index is 2.13. The van der Waals surface area contributed by atoms with E-state index in [1.807, 2.05) is 0 Å². The van der Waals surface area contributed by atoms with Gasteiger partial charge in [-0.3, -0.25) is 4.79 Å². The first-order chi connectivity index (χ1) is 7.81. The van der Waals surface area contributed by atoms with Gasteiger partial charge in [-0.1, -0.05) is 0 Å². The Kier molecular flexibility index (Phi) is 3.26. The first kappa shape index (κ1) is 10.8. The summed E-state index contributed by atoms with van der Waals surface area (Å²) in [4.78, 5) is 11.6. The molecule has 0 bridgehead atoms. The molecule has 1 aromatic carbocycles. The standard InChI is InChI=1S/C11H14N2O3/c12-3-4-13-11(14)8-1-2-9-10(7-8)16-6-5-15-9/h1-2,7H,3-6,12H2,(H,13,14). The summed E-state index contributed by atoms with van der Waals surface area (Å²) in [5, 5.41) is 2.70. The lowest BCUT2D eigenvalue weighted by Crippen LogP contribution is -2.29. The molecular weight excluding hydrogens is 208 g/mol. The highest BCUT2D eigenvalue weighted by Crippen LogP contribution is 2.30. The molecule has 2 rings (SSSR count). The average molecular weight is 222 g/mol. The zero-order chi connectivity index (χ0) is 11.4. The number of nitrogens with two attached hydrogens (primary N) is 1. The number of benzene rings is 1. The smallest absolute Gasteiger partial charge is 0.251 e. The summed E-state index contributed by atoms with van der Waals surface area (Å²) in [5.41, 5.74) is 5.86. The molecule has 0 fully saturated rings. The maximum atomic E-state index is 11.6. The van der Waals surface area contributed by atoms with Crippen LogP contribution >= 0.6 is 0 Å². The quantitative estimate of drug-likeness (QED) is 0.763. The first-order valence-electron chi connectivity index (χ1n) is 5.19. The molecule has 86 valence electrons. The molecule has 1 amide bonds. The number of hydrogen-bond donors (Lipinski definition) is 2. The summed E-state index contributed by atoms with van der Waals surface area (Å²) in [6, 6.07) is 5.13. The molecule has 0 saturated heterocycles. The molecule has 0 unspecified atom stereocenters. The van der Waals surface area contributed by atoms with Crippen LogP contribution in [0.2, 0.25) is 0 Å². The van der Waals surface area contributed by atoms with Gasteiger partial charge in [-0.15, -0.1) is 0 Å². The fraction of sp³-hybridized carbons (Fsp3) is 0.364. The third kappa shape index (κ3) is 2.25. The SMILES string of the molecule is NCCNC(=O)c1ccc2c(c1)OCCO2. The van der Waals surface area contributed by atoms with Crippen molar-refractivity contribution in [2.45, 2.75) is 0 Å². The Morgan fingerprint density at radius 3 is 2.81 bits per heavy atom. The van der Waals surface area contributed by atoms with E-state index in [1.54, 1.807) is 18.2 Å². The van der Waals surface area contributed by atoms with Crippen LogP contribution < -0.4 is 20.5 Å². The van der Waals surface area contributed by atoms with Crippen LogP contribution in [0.4, 0.5) is 0 Å². The van der Waals surface area contributed by atoms with Crippen molar-refractivity contribution in [1.29, 1.82) is 0 Å². The molecule has 3 N–H and O–H groups in total. The van der Waals surface area contributed by atoms with Crippen molar-refractivity contribution in [2.75, 3.05) is 26.3 Å². The summed E-state index contributed by atoms with van der Waals surface area (Å²) in [6.07, 6.45) is 0. The molecule has 0 spiro atoms. The van der Waals surface area contributed by atoms with E-state index in [0.717, 1.165) is 0 Å². The Hall–Kier alpha value is -1.75. The van der Waals surface area contributed by atoms with Gasteiger partial charge >= 0.3 is 0 Å². The van der Waals surface area contributed by atoms with Crippen molar-refractivity contribution in [3.8, 4) is 11.5 Å². The Labute approximate surface area is 93.5 Å². The summed E-state index contributed by atoms with van der Waals surface area (Å²) in [5.74, 6) is 1.15. The maximum absolute atomic E-state index is 11.6. The molecule has 1 heterocycles. The number of carbonyl (C=O) groups excluding carboxylic acids is 1. The van der Waals surface area contributed by atoms with E-state index < -0.39 is 0 Å². The van der Waals surface area contributed by atoms with Gasteiger partial charge < -0.3 is 20.5 Å². The third-order valence-corrected chi connectivity index (χ3v) is 2.23. The van der Waals surface area contributed by atoms with Crippen LogP contribution in [-0.2, 0) is 0 Å². The summed E-state index contributed by atoms with van der Waals surface area (Å²) >= 11 is 0. The highest BCUT2D eigenvalue weighted by atomic mass is 16.6. The molecule has 0 aliphatic carbocycles. The lowest BCUT2D eigenvalue weighted by atomic mass is 10.2. The van der Waals surface area contributed by atoms with Crippen LogP contribution in [-0.4, -0.2) is 32.2 Å². The molecule has 5 nitrogen and oxygen atoms in total. The monoisotopic (exact) mass is 222 g/mol. The van der Waals surface area contributed by atoms with Gasteiger partial charge in [0.05, 0.1) is 0 Å².